The number of carbonyl (C=O) groups is 1. The summed E-state index contributed by atoms with van der Waals surface area (Å²) in [6, 6.07) is 10.0. The molecule has 0 spiro atoms. The van der Waals surface area contributed by atoms with E-state index in [1.807, 2.05) is 6.92 Å². The van der Waals surface area contributed by atoms with E-state index >= 15 is 0 Å². The molecule has 0 bridgehead atoms. The topological polar surface area (TPSA) is 50.2 Å². The van der Waals surface area contributed by atoms with Gasteiger partial charge < -0.3 is 5.11 Å². The quantitative estimate of drug-likeness (QED) is 0.901. The van der Waals surface area contributed by atoms with Crippen LogP contribution >= 0.6 is 0 Å². The zero-order chi connectivity index (χ0) is 14.7. The summed E-state index contributed by atoms with van der Waals surface area (Å²) in [6.07, 6.45) is 2.52. The Morgan fingerprint density at radius 1 is 1.30 bits per heavy atom. The average molecular weight is 269 g/mol. The van der Waals surface area contributed by atoms with Gasteiger partial charge >= 0.3 is 5.97 Å². The van der Waals surface area contributed by atoms with Crippen molar-refractivity contribution in [1.82, 2.24) is 4.98 Å². The van der Waals surface area contributed by atoms with Gasteiger partial charge in [-0.3, -0.25) is 4.98 Å². The minimum atomic E-state index is -0.945. The van der Waals surface area contributed by atoms with E-state index in [2.05, 4.69) is 43.1 Å². The maximum absolute atomic E-state index is 10.9. The van der Waals surface area contributed by atoms with Gasteiger partial charge in [0.15, 0.2) is 0 Å². The maximum Gasteiger partial charge on any atom is 0.337 e. The first kappa shape index (κ1) is 14.3. The van der Waals surface area contributed by atoms with Gasteiger partial charge in [0.2, 0.25) is 0 Å². The van der Waals surface area contributed by atoms with Crippen LogP contribution in [0, 0.1) is 6.92 Å². The molecule has 0 fully saturated rings. The summed E-state index contributed by atoms with van der Waals surface area (Å²) in [5.74, 6) is -0.397. The fraction of sp³-hybridized carbons (Fsp3) is 0.294. The van der Waals surface area contributed by atoms with E-state index in [-0.39, 0.29) is 5.56 Å². The Hall–Kier alpha value is -2.16. The molecule has 0 aliphatic rings. The number of aromatic nitrogens is 1. The first-order valence-electron chi connectivity index (χ1n) is 6.83. The van der Waals surface area contributed by atoms with Crippen molar-refractivity contribution in [3.05, 3.63) is 53.2 Å². The molecule has 0 saturated heterocycles. The number of carboxylic acids is 1. The molecule has 3 nitrogen and oxygen atoms in total. The molecule has 1 heterocycles. The summed E-state index contributed by atoms with van der Waals surface area (Å²) in [5, 5.41) is 8.96. The smallest absolute Gasteiger partial charge is 0.337 e. The monoisotopic (exact) mass is 269 g/mol. The van der Waals surface area contributed by atoms with Crippen LogP contribution in [0.5, 0.6) is 0 Å². The molecular formula is C17H19NO2. The van der Waals surface area contributed by atoms with Crippen molar-refractivity contribution < 1.29 is 9.90 Å². The molecule has 2 rings (SSSR count). The minimum Gasteiger partial charge on any atom is -0.478 e. The Balaban J connectivity index is 2.34. The lowest BCUT2D eigenvalue weighted by atomic mass is 9.96. The number of nitrogens with zero attached hydrogens (tertiary/aromatic N) is 1. The molecule has 1 atom stereocenters. The fourth-order valence-corrected chi connectivity index (χ4v) is 2.20. The Bertz CT molecular complexity index is 617. The Kier molecular flexibility index (Phi) is 4.18. The molecule has 0 aliphatic heterocycles. The first-order chi connectivity index (χ1) is 9.52. The third-order valence-corrected chi connectivity index (χ3v) is 3.69. The zero-order valence-corrected chi connectivity index (χ0v) is 12.1. The van der Waals surface area contributed by atoms with Gasteiger partial charge in [0, 0.05) is 11.8 Å². The number of hydrogen-bond acceptors (Lipinski definition) is 2. The van der Waals surface area contributed by atoms with Gasteiger partial charge in [-0.15, -0.1) is 0 Å². The number of aromatic carboxylic acids is 1. The van der Waals surface area contributed by atoms with Gasteiger partial charge in [-0.2, -0.15) is 0 Å². The van der Waals surface area contributed by atoms with Crippen LogP contribution < -0.4 is 0 Å². The second-order valence-corrected chi connectivity index (χ2v) is 5.13. The largest absolute Gasteiger partial charge is 0.478 e. The number of rotatable bonds is 4. The van der Waals surface area contributed by atoms with Crippen LogP contribution in [0.25, 0.3) is 11.3 Å². The summed E-state index contributed by atoms with van der Waals surface area (Å²) in [4.78, 5) is 15.2. The third-order valence-electron chi connectivity index (χ3n) is 3.69. The number of benzene rings is 1. The summed E-state index contributed by atoms with van der Waals surface area (Å²) in [5.41, 5.74) is 4.27. The van der Waals surface area contributed by atoms with Crippen molar-refractivity contribution >= 4 is 5.97 Å². The van der Waals surface area contributed by atoms with E-state index in [0.717, 1.165) is 23.2 Å². The van der Waals surface area contributed by atoms with Crippen LogP contribution in [0.2, 0.25) is 0 Å². The van der Waals surface area contributed by atoms with Gasteiger partial charge in [0.25, 0.3) is 0 Å². The van der Waals surface area contributed by atoms with E-state index in [0.29, 0.717) is 5.92 Å². The second kappa shape index (κ2) is 5.87. The normalized spacial score (nSPS) is 12.2. The van der Waals surface area contributed by atoms with Crippen LogP contribution in [0.4, 0.5) is 0 Å². The molecule has 20 heavy (non-hydrogen) atoms. The van der Waals surface area contributed by atoms with E-state index in [1.54, 1.807) is 6.07 Å². The molecule has 1 aromatic carbocycles. The van der Waals surface area contributed by atoms with Gasteiger partial charge in [0.05, 0.1) is 11.3 Å². The third kappa shape index (κ3) is 2.87. The van der Waals surface area contributed by atoms with Crippen LogP contribution in [-0.2, 0) is 0 Å². The first-order valence-corrected chi connectivity index (χ1v) is 6.83. The highest BCUT2D eigenvalue weighted by Gasteiger charge is 2.09. The Labute approximate surface area is 119 Å². The lowest BCUT2D eigenvalue weighted by molar-refractivity contribution is 0.0696. The second-order valence-electron chi connectivity index (χ2n) is 5.13. The average Bonchev–Trinajstić information content (AvgIpc) is 2.46. The van der Waals surface area contributed by atoms with Gasteiger partial charge in [0.1, 0.15) is 0 Å². The lowest BCUT2D eigenvalue weighted by Crippen LogP contribution is -1.99. The number of aryl methyl sites for hydroxylation is 1. The molecule has 0 radical (unpaired) electrons. The summed E-state index contributed by atoms with van der Waals surface area (Å²) < 4.78 is 0. The molecule has 2 aromatic rings. The molecule has 1 N–H and O–H groups in total. The summed E-state index contributed by atoms with van der Waals surface area (Å²) in [6.45, 7) is 6.27. The molecular weight excluding hydrogens is 250 g/mol. The van der Waals surface area contributed by atoms with Crippen molar-refractivity contribution in [3.8, 4) is 11.3 Å². The molecule has 0 amide bonds. The Morgan fingerprint density at radius 3 is 2.45 bits per heavy atom. The number of pyridine rings is 1. The summed E-state index contributed by atoms with van der Waals surface area (Å²) >= 11 is 0. The van der Waals surface area contributed by atoms with E-state index < -0.39 is 5.97 Å². The standard InChI is InChI=1S/C17H19NO2/c1-4-11(2)13-5-7-14(8-6-13)16-12(3)9-15(10-18-16)17(19)20/h5-11H,4H2,1-3H3,(H,19,20). The highest BCUT2D eigenvalue weighted by molar-refractivity contribution is 5.88. The SMILES string of the molecule is CCC(C)c1ccc(-c2ncc(C(=O)O)cc2C)cc1. The molecule has 0 aliphatic carbocycles. The highest BCUT2D eigenvalue weighted by atomic mass is 16.4. The van der Waals surface area contributed by atoms with Crippen molar-refractivity contribution in [3.63, 3.8) is 0 Å². The molecule has 1 aromatic heterocycles. The van der Waals surface area contributed by atoms with Crippen molar-refractivity contribution in [1.29, 1.82) is 0 Å². The number of hydrogen-bond donors (Lipinski definition) is 1. The van der Waals surface area contributed by atoms with Gasteiger partial charge in [-0.25, -0.2) is 4.79 Å². The zero-order valence-electron chi connectivity index (χ0n) is 12.1. The molecule has 104 valence electrons. The fourth-order valence-electron chi connectivity index (χ4n) is 2.20. The van der Waals surface area contributed by atoms with Crippen LogP contribution in [0.3, 0.4) is 0 Å². The highest BCUT2D eigenvalue weighted by Crippen LogP contribution is 2.25. The van der Waals surface area contributed by atoms with Crippen molar-refractivity contribution in [2.75, 3.05) is 0 Å². The van der Waals surface area contributed by atoms with Crippen molar-refractivity contribution in [2.24, 2.45) is 0 Å². The van der Waals surface area contributed by atoms with Crippen LogP contribution in [-0.4, -0.2) is 16.1 Å². The predicted octanol–water partition coefficient (Wildman–Crippen LogP) is 4.27. The van der Waals surface area contributed by atoms with E-state index in [4.69, 9.17) is 5.11 Å². The van der Waals surface area contributed by atoms with E-state index in [1.165, 1.54) is 11.8 Å². The lowest BCUT2D eigenvalue weighted by Gasteiger charge is -2.11. The van der Waals surface area contributed by atoms with Crippen molar-refractivity contribution in [2.45, 2.75) is 33.1 Å². The predicted molar refractivity (Wildman–Crippen MR) is 80.1 cm³/mol. The van der Waals surface area contributed by atoms with E-state index in [9.17, 15) is 4.79 Å². The molecule has 3 heteroatoms. The summed E-state index contributed by atoms with van der Waals surface area (Å²) in [7, 11) is 0. The van der Waals surface area contributed by atoms with Gasteiger partial charge in [-0.1, -0.05) is 38.1 Å². The maximum atomic E-state index is 10.9. The van der Waals surface area contributed by atoms with Gasteiger partial charge in [-0.05, 0) is 36.5 Å². The molecule has 0 saturated carbocycles. The Morgan fingerprint density at radius 2 is 1.95 bits per heavy atom. The number of carboxylic acid groups (broad SMARTS) is 1. The minimum absolute atomic E-state index is 0.225. The van der Waals surface area contributed by atoms with Crippen LogP contribution in [0.1, 0.15) is 47.7 Å². The molecule has 1 unspecified atom stereocenters. The van der Waals surface area contributed by atoms with Crippen LogP contribution in [0.15, 0.2) is 36.5 Å².